The summed E-state index contributed by atoms with van der Waals surface area (Å²) in [4.78, 5) is 0. The van der Waals surface area contributed by atoms with Crippen LogP contribution in [0.1, 0.15) is 11.1 Å². The summed E-state index contributed by atoms with van der Waals surface area (Å²) in [5, 5.41) is 0.587. The van der Waals surface area contributed by atoms with Crippen LogP contribution in [-0.2, 0) is 9.06 Å². The molecule has 0 aliphatic carbocycles. The van der Waals surface area contributed by atoms with Crippen LogP contribution in [0, 0.1) is 12.7 Å². The summed E-state index contributed by atoms with van der Waals surface area (Å²) >= 11 is 9.56. The second-order valence-corrected chi connectivity index (χ2v) is 5.46. The summed E-state index contributed by atoms with van der Waals surface area (Å²) in [6.07, 6.45) is 0. The molecule has 1 nitrogen and oxygen atoms in total. The average Bonchev–Trinajstić information content (AvgIpc) is 2.07. The molecular formula is C10H9BrClFO. The van der Waals surface area contributed by atoms with Crippen LogP contribution in [0.25, 0.3) is 0 Å². The van der Waals surface area contributed by atoms with E-state index >= 15 is 0 Å². The van der Waals surface area contributed by atoms with Crippen molar-refractivity contribution in [2.24, 2.45) is 0 Å². The van der Waals surface area contributed by atoms with E-state index in [1.807, 2.05) is 0 Å². The van der Waals surface area contributed by atoms with E-state index in [4.69, 9.17) is 16.3 Å². The molecule has 0 N–H and O–H groups in total. The number of aryl methyl sites for hydroxylation is 1. The molecule has 1 heterocycles. The van der Waals surface area contributed by atoms with Crippen molar-refractivity contribution in [1.82, 2.24) is 0 Å². The van der Waals surface area contributed by atoms with Crippen LogP contribution in [-0.4, -0.2) is 13.2 Å². The second-order valence-electron chi connectivity index (χ2n) is 3.54. The van der Waals surface area contributed by atoms with Gasteiger partial charge in [0, 0.05) is 5.02 Å². The maximum Gasteiger partial charge on any atom is 0.126 e. The Morgan fingerprint density at radius 3 is 2.64 bits per heavy atom. The Hall–Kier alpha value is -0.120. The Balaban J connectivity index is 2.48. The third-order valence-electron chi connectivity index (χ3n) is 2.39. The van der Waals surface area contributed by atoms with Gasteiger partial charge in [-0.2, -0.15) is 0 Å². The first-order valence-electron chi connectivity index (χ1n) is 4.26. The standard InChI is InChI=1S/C10H9BrClFO/c1-6-2-8(12)7(3-9(6)13)10(11)4-14-5-10/h2-3H,4-5H2,1H3. The van der Waals surface area contributed by atoms with Crippen molar-refractivity contribution in [3.8, 4) is 0 Å². The topological polar surface area (TPSA) is 9.23 Å². The zero-order valence-electron chi connectivity index (χ0n) is 7.61. The predicted octanol–water partition coefficient (Wildman–Crippen LogP) is 3.41. The molecule has 4 heteroatoms. The van der Waals surface area contributed by atoms with Crippen LogP contribution in [0.4, 0.5) is 4.39 Å². The van der Waals surface area contributed by atoms with Crippen molar-refractivity contribution in [3.63, 3.8) is 0 Å². The van der Waals surface area contributed by atoms with E-state index in [-0.39, 0.29) is 10.1 Å². The fraction of sp³-hybridized carbons (Fsp3) is 0.400. The maximum absolute atomic E-state index is 13.3. The molecule has 0 unspecified atom stereocenters. The first kappa shape index (κ1) is 10.4. The van der Waals surface area contributed by atoms with Crippen LogP contribution >= 0.6 is 27.5 Å². The van der Waals surface area contributed by atoms with Crippen LogP contribution in [0.15, 0.2) is 12.1 Å². The van der Waals surface area contributed by atoms with Crippen LogP contribution in [0.2, 0.25) is 5.02 Å². The summed E-state index contributed by atoms with van der Waals surface area (Å²) in [5.74, 6) is -0.227. The molecule has 1 aliphatic rings. The van der Waals surface area contributed by atoms with Crippen molar-refractivity contribution in [2.45, 2.75) is 11.2 Å². The van der Waals surface area contributed by atoms with Crippen LogP contribution in [0.3, 0.4) is 0 Å². The van der Waals surface area contributed by atoms with E-state index in [0.717, 1.165) is 5.56 Å². The van der Waals surface area contributed by atoms with Gasteiger partial charge in [-0.25, -0.2) is 4.39 Å². The predicted molar refractivity (Wildman–Crippen MR) is 57.6 cm³/mol. The highest BCUT2D eigenvalue weighted by molar-refractivity contribution is 9.09. The molecule has 1 aromatic carbocycles. The van der Waals surface area contributed by atoms with Gasteiger partial charge in [0.15, 0.2) is 0 Å². The Labute approximate surface area is 95.3 Å². The molecule has 0 amide bonds. The van der Waals surface area contributed by atoms with Gasteiger partial charge in [-0.05, 0) is 30.2 Å². The Bertz CT molecular complexity index is 377. The van der Waals surface area contributed by atoms with Gasteiger partial charge in [0.1, 0.15) is 5.82 Å². The summed E-state index contributed by atoms with van der Waals surface area (Å²) in [5.41, 5.74) is 1.34. The van der Waals surface area contributed by atoms with Gasteiger partial charge >= 0.3 is 0 Å². The van der Waals surface area contributed by atoms with Crippen LogP contribution in [0.5, 0.6) is 0 Å². The molecule has 1 aromatic rings. The monoisotopic (exact) mass is 278 g/mol. The van der Waals surface area contributed by atoms with E-state index in [9.17, 15) is 4.39 Å². The largest absolute Gasteiger partial charge is 0.378 e. The van der Waals surface area contributed by atoms with Crippen molar-refractivity contribution < 1.29 is 9.13 Å². The molecule has 0 aromatic heterocycles. The highest BCUT2D eigenvalue weighted by atomic mass is 79.9. The Morgan fingerprint density at radius 2 is 2.14 bits per heavy atom. The normalized spacial score (nSPS) is 19.1. The Kier molecular flexibility index (Phi) is 2.58. The van der Waals surface area contributed by atoms with E-state index < -0.39 is 0 Å². The lowest BCUT2D eigenvalue weighted by molar-refractivity contribution is -0.00705. The SMILES string of the molecule is Cc1cc(Cl)c(C2(Br)COC2)cc1F. The molecule has 1 fully saturated rings. The third kappa shape index (κ3) is 1.58. The molecule has 1 saturated heterocycles. The number of benzene rings is 1. The number of alkyl halides is 1. The number of hydrogen-bond donors (Lipinski definition) is 0. The summed E-state index contributed by atoms with van der Waals surface area (Å²) < 4.78 is 18.1. The van der Waals surface area contributed by atoms with E-state index in [2.05, 4.69) is 15.9 Å². The van der Waals surface area contributed by atoms with Gasteiger partial charge < -0.3 is 4.74 Å². The zero-order valence-corrected chi connectivity index (χ0v) is 9.95. The summed E-state index contributed by atoms with van der Waals surface area (Å²) in [6.45, 7) is 2.77. The number of hydrogen-bond acceptors (Lipinski definition) is 1. The van der Waals surface area contributed by atoms with E-state index in [0.29, 0.717) is 23.8 Å². The quantitative estimate of drug-likeness (QED) is 0.716. The van der Waals surface area contributed by atoms with Gasteiger partial charge in [-0.1, -0.05) is 27.5 Å². The minimum atomic E-state index is -0.293. The first-order valence-corrected chi connectivity index (χ1v) is 5.43. The van der Waals surface area contributed by atoms with Gasteiger partial charge in [0.25, 0.3) is 0 Å². The molecule has 1 aliphatic heterocycles. The maximum atomic E-state index is 13.3. The fourth-order valence-corrected chi connectivity index (χ4v) is 2.59. The molecule has 0 atom stereocenters. The number of halogens is 3. The lowest BCUT2D eigenvalue weighted by Gasteiger charge is -2.37. The molecule has 0 bridgehead atoms. The van der Waals surface area contributed by atoms with E-state index in [1.165, 1.54) is 6.07 Å². The Morgan fingerprint density at radius 1 is 1.50 bits per heavy atom. The fourth-order valence-electron chi connectivity index (χ4n) is 1.43. The van der Waals surface area contributed by atoms with Gasteiger partial charge in [0.05, 0.1) is 17.5 Å². The average molecular weight is 280 g/mol. The third-order valence-corrected chi connectivity index (χ3v) is 3.59. The minimum Gasteiger partial charge on any atom is -0.378 e. The number of ether oxygens (including phenoxy) is 1. The van der Waals surface area contributed by atoms with Crippen molar-refractivity contribution >= 4 is 27.5 Å². The zero-order chi connectivity index (χ0) is 10.3. The van der Waals surface area contributed by atoms with Gasteiger partial charge in [-0.3, -0.25) is 0 Å². The molecule has 0 saturated carbocycles. The summed E-state index contributed by atoms with van der Waals surface area (Å²) in [6, 6.07) is 3.13. The minimum absolute atomic E-state index is 0.227. The van der Waals surface area contributed by atoms with Crippen molar-refractivity contribution in [1.29, 1.82) is 0 Å². The first-order chi connectivity index (χ1) is 6.53. The van der Waals surface area contributed by atoms with Crippen LogP contribution < -0.4 is 0 Å². The lowest BCUT2D eigenvalue weighted by atomic mass is 9.96. The lowest BCUT2D eigenvalue weighted by Crippen LogP contribution is -2.41. The smallest absolute Gasteiger partial charge is 0.126 e. The second kappa shape index (κ2) is 3.47. The van der Waals surface area contributed by atoms with Crippen molar-refractivity contribution in [2.75, 3.05) is 13.2 Å². The molecule has 0 radical (unpaired) electrons. The summed E-state index contributed by atoms with van der Waals surface area (Å²) in [7, 11) is 0. The molecule has 2 rings (SSSR count). The highest BCUT2D eigenvalue weighted by Crippen LogP contribution is 2.42. The molecule has 76 valence electrons. The highest BCUT2D eigenvalue weighted by Gasteiger charge is 2.39. The molecule has 14 heavy (non-hydrogen) atoms. The number of rotatable bonds is 1. The van der Waals surface area contributed by atoms with Gasteiger partial charge in [0.2, 0.25) is 0 Å². The van der Waals surface area contributed by atoms with E-state index in [1.54, 1.807) is 13.0 Å². The molecular weight excluding hydrogens is 270 g/mol. The van der Waals surface area contributed by atoms with Gasteiger partial charge in [-0.15, -0.1) is 0 Å². The van der Waals surface area contributed by atoms with Crippen molar-refractivity contribution in [3.05, 3.63) is 34.1 Å². The molecule has 0 spiro atoms.